The van der Waals surface area contributed by atoms with Crippen LogP contribution in [-0.2, 0) is 0 Å². The average molecular weight is 271 g/mol. The Bertz CT molecular complexity index is 240. The molecule has 0 heterocycles. The van der Waals surface area contributed by atoms with Gasteiger partial charge in [0.05, 0.1) is 27.2 Å². The zero-order valence-electron chi connectivity index (χ0n) is 15.2. The molecule has 0 amide bonds. The van der Waals surface area contributed by atoms with E-state index < -0.39 is 0 Å². The van der Waals surface area contributed by atoms with E-state index in [1.54, 1.807) is 0 Å². The minimum absolute atomic E-state index is 0.461. The van der Waals surface area contributed by atoms with Crippen molar-refractivity contribution in [2.24, 2.45) is 23.2 Å². The largest absolute Gasteiger partial charge is 0.328 e. The smallest absolute Gasteiger partial charge is 0.0816 e. The zero-order chi connectivity index (χ0) is 15.3. The fourth-order valence-corrected chi connectivity index (χ4v) is 3.24. The lowest BCUT2D eigenvalue weighted by molar-refractivity contribution is -0.892. The lowest BCUT2D eigenvalue weighted by Gasteiger charge is -2.42. The average Bonchev–Trinajstić information content (AvgIpc) is 2.26. The van der Waals surface area contributed by atoms with Gasteiger partial charge in [-0.05, 0) is 37.0 Å². The van der Waals surface area contributed by atoms with Gasteiger partial charge >= 0.3 is 0 Å². The zero-order valence-corrected chi connectivity index (χ0v) is 15.2. The third kappa shape index (κ3) is 7.34. The second kappa shape index (κ2) is 7.67. The Morgan fingerprint density at radius 3 is 1.89 bits per heavy atom. The molecule has 2 atom stereocenters. The first-order chi connectivity index (χ1) is 8.54. The Morgan fingerprint density at radius 2 is 1.53 bits per heavy atom. The van der Waals surface area contributed by atoms with Crippen molar-refractivity contribution in [3.05, 3.63) is 0 Å². The molecule has 19 heavy (non-hydrogen) atoms. The van der Waals surface area contributed by atoms with Crippen LogP contribution in [0.5, 0.6) is 0 Å². The maximum Gasteiger partial charge on any atom is 0.0816 e. The first-order valence-corrected chi connectivity index (χ1v) is 8.36. The van der Waals surface area contributed by atoms with Gasteiger partial charge in [0, 0.05) is 5.92 Å². The van der Waals surface area contributed by atoms with E-state index in [4.69, 9.17) is 0 Å². The summed E-state index contributed by atoms with van der Waals surface area (Å²) in [5, 5.41) is 0. The molecule has 0 saturated carbocycles. The van der Waals surface area contributed by atoms with Crippen molar-refractivity contribution in [3.8, 4) is 0 Å². The van der Waals surface area contributed by atoms with Crippen molar-refractivity contribution >= 4 is 0 Å². The Hall–Kier alpha value is -0.0400. The summed E-state index contributed by atoms with van der Waals surface area (Å²) in [5.41, 5.74) is 0.461. The molecule has 0 aromatic carbocycles. The number of hydrogen-bond donors (Lipinski definition) is 0. The Balaban J connectivity index is 4.93. The van der Waals surface area contributed by atoms with Crippen molar-refractivity contribution in [1.29, 1.82) is 0 Å². The van der Waals surface area contributed by atoms with Gasteiger partial charge < -0.3 is 4.48 Å². The molecule has 0 aliphatic rings. The fraction of sp³-hybridized carbons (Fsp3) is 1.00. The van der Waals surface area contributed by atoms with Crippen molar-refractivity contribution in [1.82, 2.24) is 0 Å². The number of hydrogen-bond acceptors (Lipinski definition) is 0. The van der Waals surface area contributed by atoms with Crippen molar-refractivity contribution in [2.75, 3.05) is 27.2 Å². The summed E-state index contributed by atoms with van der Waals surface area (Å²) in [4.78, 5) is 0. The molecule has 0 N–H and O–H groups in total. The van der Waals surface area contributed by atoms with Gasteiger partial charge in [0.15, 0.2) is 0 Å². The molecule has 116 valence electrons. The maximum atomic E-state index is 2.50. The lowest BCUT2D eigenvalue weighted by Crippen LogP contribution is -2.47. The summed E-state index contributed by atoms with van der Waals surface area (Å²) in [5.74, 6) is 2.49. The van der Waals surface area contributed by atoms with E-state index in [-0.39, 0.29) is 0 Å². The van der Waals surface area contributed by atoms with Crippen LogP contribution < -0.4 is 0 Å². The van der Waals surface area contributed by atoms with Gasteiger partial charge in [-0.1, -0.05) is 48.0 Å². The van der Waals surface area contributed by atoms with Gasteiger partial charge in [-0.15, -0.1) is 0 Å². The summed E-state index contributed by atoms with van der Waals surface area (Å²) < 4.78 is 1.16. The molecule has 0 aliphatic carbocycles. The fourth-order valence-electron chi connectivity index (χ4n) is 3.24. The summed E-state index contributed by atoms with van der Waals surface area (Å²) in [6, 6.07) is 0. The van der Waals surface area contributed by atoms with Crippen LogP contribution in [0.2, 0.25) is 0 Å². The van der Waals surface area contributed by atoms with Crippen LogP contribution in [0.4, 0.5) is 0 Å². The highest BCUT2D eigenvalue weighted by molar-refractivity contribution is 4.81. The molecule has 0 rings (SSSR count). The lowest BCUT2D eigenvalue weighted by atomic mass is 9.69. The molecule has 0 aromatic rings. The van der Waals surface area contributed by atoms with Gasteiger partial charge in [0.2, 0.25) is 0 Å². The van der Waals surface area contributed by atoms with E-state index in [1.165, 1.54) is 32.4 Å². The van der Waals surface area contributed by atoms with Gasteiger partial charge in [-0.3, -0.25) is 0 Å². The molecule has 0 aromatic heterocycles. The van der Waals surface area contributed by atoms with E-state index in [9.17, 15) is 0 Å². The van der Waals surface area contributed by atoms with Crippen LogP contribution in [-0.4, -0.2) is 31.7 Å². The summed E-state index contributed by atoms with van der Waals surface area (Å²) in [7, 11) is 4.77. The number of rotatable bonds is 9. The molecule has 0 fully saturated rings. The van der Waals surface area contributed by atoms with Gasteiger partial charge in [0.25, 0.3) is 0 Å². The van der Waals surface area contributed by atoms with E-state index in [1.807, 2.05) is 0 Å². The van der Waals surface area contributed by atoms with E-state index in [2.05, 4.69) is 62.6 Å². The topological polar surface area (TPSA) is 0 Å². The molecule has 0 radical (unpaired) electrons. The minimum atomic E-state index is 0.461. The third-order valence-corrected chi connectivity index (χ3v) is 4.99. The number of quaternary nitrogens is 1. The van der Waals surface area contributed by atoms with E-state index in [0.717, 1.165) is 22.2 Å². The SMILES string of the molecule is CCC(C)CC(C[N+](C)(C)CC)C(C)(C)CC(C)C. The highest BCUT2D eigenvalue weighted by Crippen LogP contribution is 2.39. The minimum Gasteiger partial charge on any atom is -0.328 e. The summed E-state index contributed by atoms with van der Waals surface area (Å²) in [6.07, 6.45) is 4.05. The van der Waals surface area contributed by atoms with Crippen molar-refractivity contribution in [2.45, 2.75) is 67.7 Å². The molecule has 2 unspecified atom stereocenters. The molecular formula is C18H40N+. The van der Waals surface area contributed by atoms with Crippen LogP contribution in [0.15, 0.2) is 0 Å². The monoisotopic (exact) mass is 270 g/mol. The molecule has 0 saturated heterocycles. The predicted octanol–water partition coefficient (Wildman–Crippen LogP) is 5.21. The van der Waals surface area contributed by atoms with Gasteiger partial charge in [-0.25, -0.2) is 0 Å². The standard InChI is InChI=1S/C18H40N/c1-10-16(5)12-17(14-19(8,9)11-2)18(6,7)13-15(3)4/h15-17H,10-14H2,1-9H3/q+1. The van der Waals surface area contributed by atoms with Crippen molar-refractivity contribution in [3.63, 3.8) is 0 Å². The van der Waals surface area contributed by atoms with Gasteiger partial charge in [0.1, 0.15) is 0 Å². The van der Waals surface area contributed by atoms with E-state index in [0.29, 0.717) is 5.41 Å². The molecule has 0 aliphatic heterocycles. The van der Waals surface area contributed by atoms with Crippen LogP contribution in [0.3, 0.4) is 0 Å². The van der Waals surface area contributed by atoms with Crippen LogP contribution in [0, 0.1) is 23.2 Å². The Labute approximate surface area is 123 Å². The van der Waals surface area contributed by atoms with Crippen LogP contribution >= 0.6 is 0 Å². The third-order valence-electron chi connectivity index (χ3n) is 4.99. The van der Waals surface area contributed by atoms with Crippen molar-refractivity contribution < 1.29 is 4.48 Å². The second-order valence-electron chi connectivity index (χ2n) is 8.47. The highest BCUT2D eigenvalue weighted by Gasteiger charge is 2.35. The first kappa shape index (κ1) is 19.0. The van der Waals surface area contributed by atoms with Crippen LogP contribution in [0.25, 0.3) is 0 Å². The Morgan fingerprint density at radius 1 is 1.00 bits per heavy atom. The normalized spacial score (nSPS) is 16.7. The van der Waals surface area contributed by atoms with E-state index >= 15 is 0 Å². The second-order valence-corrected chi connectivity index (χ2v) is 8.47. The first-order valence-electron chi connectivity index (χ1n) is 8.36. The highest BCUT2D eigenvalue weighted by atomic mass is 15.3. The maximum absolute atomic E-state index is 2.50. The summed E-state index contributed by atoms with van der Waals surface area (Å²) in [6.45, 7) is 19.3. The molecule has 0 spiro atoms. The quantitative estimate of drug-likeness (QED) is 0.505. The predicted molar refractivity (Wildman–Crippen MR) is 88.3 cm³/mol. The Kier molecular flexibility index (Phi) is 7.65. The molecule has 1 nitrogen and oxygen atoms in total. The number of nitrogens with zero attached hydrogens (tertiary/aromatic N) is 1. The molecule has 0 bridgehead atoms. The van der Waals surface area contributed by atoms with Gasteiger partial charge in [-0.2, -0.15) is 0 Å². The molecular weight excluding hydrogens is 230 g/mol. The molecule has 1 heteroatoms. The van der Waals surface area contributed by atoms with Crippen LogP contribution in [0.1, 0.15) is 67.7 Å². The summed E-state index contributed by atoms with van der Waals surface area (Å²) >= 11 is 0.